The average Bonchev–Trinajstić information content (AvgIpc) is 2.27. The minimum Gasteiger partial charge on any atom is -0.402 e. The van der Waals surface area contributed by atoms with Gasteiger partial charge in [0, 0.05) is 11.9 Å². The summed E-state index contributed by atoms with van der Waals surface area (Å²) in [7, 11) is 0. The Morgan fingerprint density at radius 3 is 2.39 bits per heavy atom. The van der Waals surface area contributed by atoms with Gasteiger partial charge in [-0.3, -0.25) is 4.99 Å². The molecule has 0 aromatic heterocycles. The zero-order chi connectivity index (χ0) is 13.6. The first-order chi connectivity index (χ1) is 8.38. The maximum Gasteiger partial charge on any atom is 0.393 e. The van der Waals surface area contributed by atoms with E-state index in [1.165, 1.54) is 13.1 Å². The molecule has 1 aromatic carbocycles. The second-order valence-electron chi connectivity index (χ2n) is 3.96. The predicted octanol–water partition coefficient (Wildman–Crippen LogP) is 3.44. The molecule has 0 atom stereocenters. The first-order valence-corrected chi connectivity index (χ1v) is 5.44. The summed E-state index contributed by atoms with van der Waals surface area (Å²) in [5.41, 5.74) is 6.51. The smallest absolute Gasteiger partial charge is 0.393 e. The van der Waals surface area contributed by atoms with Crippen LogP contribution in [0.5, 0.6) is 0 Å². The standard InChI is InChI=1S/C13H15F3N2/c1-10(17)12(7-13(14,15)16)9-18-8-11-5-3-2-4-6-11/h2-6,9H,7-8,17H2,1H3. The van der Waals surface area contributed by atoms with Crippen molar-refractivity contribution < 1.29 is 13.2 Å². The van der Waals surface area contributed by atoms with E-state index in [4.69, 9.17) is 5.73 Å². The van der Waals surface area contributed by atoms with E-state index in [1.807, 2.05) is 30.3 Å². The van der Waals surface area contributed by atoms with Crippen LogP contribution in [0.15, 0.2) is 46.6 Å². The van der Waals surface area contributed by atoms with Crippen molar-refractivity contribution >= 4 is 6.21 Å². The van der Waals surface area contributed by atoms with Crippen molar-refractivity contribution in [1.29, 1.82) is 0 Å². The molecule has 2 N–H and O–H groups in total. The van der Waals surface area contributed by atoms with E-state index in [-0.39, 0.29) is 11.3 Å². The Kier molecular flexibility index (Phi) is 4.95. The fourth-order valence-electron chi connectivity index (χ4n) is 1.35. The molecule has 18 heavy (non-hydrogen) atoms. The second-order valence-corrected chi connectivity index (χ2v) is 3.96. The number of nitrogens with zero attached hydrogens (tertiary/aromatic N) is 1. The predicted molar refractivity (Wildman–Crippen MR) is 66.2 cm³/mol. The molecular formula is C13H15F3N2. The molecule has 0 aliphatic carbocycles. The van der Waals surface area contributed by atoms with Gasteiger partial charge in [0.15, 0.2) is 0 Å². The number of halogens is 3. The van der Waals surface area contributed by atoms with Crippen LogP contribution in [-0.4, -0.2) is 12.4 Å². The minimum absolute atomic E-state index is 0.0124. The molecule has 1 aromatic rings. The minimum atomic E-state index is -4.27. The highest BCUT2D eigenvalue weighted by Crippen LogP contribution is 2.24. The van der Waals surface area contributed by atoms with Crippen LogP contribution >= 0.6 is 0 Å². The molecule has 5 heteroatoms. The van der Waals surface area contributed by atoms with Crippen molar-refractivity contribution in [2.24, 2.45) is 10.7 Å². The third-order valence-electron chi connectivity index (χ3n) is 2.26. The number of hydrogen-bond acceptors (Lipinski definition) is 2. The fourth-order valence-corrected chi connectivity index (χ4v) is 1.35. The third-order valence-corrected chi connectivity index (χ3v) is 2.26. The summed E-state index contributed by atoms with van der Waals surface area (Å²) in [6, 6.07) is 9.29. The first kappa shape index (κ1) is 14.3. The van der Waals surface area contributed by atoms with Gasteiger partial charge in [-0.25, -0.2) is 0 Å². The van der Waals surface area contributed by atoms with Gasteiger partial charge in [0.05, 0.1) is 13.0 Å². The fraction of sp³-hybridized carbons (Fsp3) is 0.308. The zero-order valence-corrected chi connectivity index (χ0v) is 10.0. The molecule has 98 valence electrons. The molecule has 1 rings (SSSR count). The molecule has 0 radical (unpaired) electrons. The summed E-state index contributed by atoms with van der Waals surface area (Å²) in [6.07, 6.45) is -4.11. The first-order valence-electron chi connectivity index (χ1n) is 5.44. The van der Waals surface area contributed by atoms with Crippen LogP contribution in [-0.2, 0) is 6.54 Å². The van der Waals surface area contributed by atoms with Crippen LogP contribution < -0.4 is 5.73 Å². The molecule has 0 unspecified atom stereocenters. The summed E-state index contributed by atoms with van der Waals surface area (Å²) in [5, 5.41) is 0. The average molecular weight is 256 g/mol. The van der Waals surface area contributed by atoms with Gasteiger partial charge in [-0.1, -0.05) is 30.3 Å². The summed E-state index contributed by atoms with van der Waals surface area (Å²) in [5.74, 6) is 0. The number of aliphatic imine (C=N–C) groups is 1. The Morgan fingerprint density at radius 1 is 1.28 bits per heavy atom. The Hall–Kier alpha value is -1.78. The SMILES string of the molecule is CC(N)=C(C=NCc1ccccc1)CC(F)(F)F. The molecular weight excluding hydrogens is 241 g/mol. The lowest BCUT2D eigenvalue weighted by molar-refractivity contribution is -0.126. The Morgan fingerprint density at radius 2 is 1.89 bits per heavy atom. The number of allylic oxidation sites excluding steroid dienone is 2. The lowest BCUT2D eigenvalue weighted by atomic mass is 10.1. The number of nitrogens with two attached hydrogens (primary N) is 1. The molecule has 0 bridgehead atoms. The Bertz CT molecular complexity index is 429. The molecule has 0 fully saturated rings. The van der Waals surface area contributed by atoms with Crippen molar-refractivity contribution in [2.45, 2.75) is 26.1 Å². The normalized spacial score (nSPS) is 13.8. The van der Waals surface area contributed by atoms with Crippen LogP contribution in [0.25, 0.3) is 0 Å². The van der Waals surface area contributed by atoms with Gasteiger partial charge in [-0.15, -0.1) is 0 Å². The van der Waals surface area contributed by atoms with E-state index in [1.54, 1.807) is 0 Å². The van der Waals surface area contributed by atoms with Gasteiger partial charge in [0.25, 0.3) is 0 Å². The van der Waals surface area contributed by atoms with Crippen LogP contribution in [0.1, 0.15) is 18.9 Å². The summed E-state index contributed by atoms with van der Waals surface area (Å²) in [6.45, 7) is 1.78. The highest BCUT2D eigenvalue weighted by molar-refractivity contribution is 5.79. The van der Waals surface area contributed by atoms with Gasteiger partial charge >= 0.3 is 6.18 Å². The Balaban J connectivity index is 2.66. The van der Waals surface area contributed by atoms with Gasteiger partial charge in [0.2, 0.25) is 0 Å². The van der Waals surface area contributed by atoms with E-state index in [2.05, 4.69) is 4.99 Å². The van der Waals surface area contributed by atoms with E-state index in [9.17, 15) is 13.2 Å². The topological polar surface area (TPSA) is 38.4 Å². The quantitative estimate of drug-likeness (QED) is 0.823. The molecule has 0 amide bonds. The van der Waals surface area contributed by atoms with Crippen molar-refractivity contribution in [3.63, 3.8) is 0 Å². The van der Waals surface area contributed by atoms with Crippen molar-refractivity contribution in [3.8, 4) is 0 Å². The van der Waals surface area contributed by atoms with Crippen molar-refractivity contribution in [2.75, 3.05) is 0 Å². The number of alkyl halides is 3. The van der Waals surface area contributed by atoms with Gasteiger partial charge < -0.3 is 5.73 Å². The summed E-state index contributed by atoms with van der Waals surface area (Å²) in [4.78, 5) is 3.98. The zero-order valence-electron chi connectivity index (χ0n) is 10.0. The third kappa shape index (κ3) is 5.52. The van der Waals surface area contributed by atoms with Crippen LogP contribution in [0.2, 0.25) is 0 Å². The largest absolute Gasteiger partial charge is 0.402 e. The van der Waals surface area contributed by atoms with Crippen LogP contribution in [0.3, 0.4) is 0 Å². The number of hydrogen-bond donors (Lipinski definition) is 1. The molecule has 0 saturated heterocycles. The highest BCUT2D eigenvalue weighted by atomic mass is 19.4. The molecule has 0 spiro atoms. The highest BCUT2D eigenvalue weighted by Gasteiger charge is 2.28. The molecule has 2 nitrogen and oxygen atoms in total. The summed E-state index contributed by atoms with van der Waals surface area (Å²) >= 11 is 0. The molecule has 0 saturated carbocycles. The van der Waals surface area contributed by atoms with Gasteiger partial charge in [-0.05, 0) is 18.1 Å². The maximum absolute atomic E-state index is 12.3. The van der Waals surface area contributed by atoms with E-state index < -0.39 is 12.6 Å². The summed E-state index contributed by atoms with van der Waals surface area (Å²) < 4.78 is 36.8. The van der Waals surface area contributed by atoms with E-state index in [0.717, 1.165) is 5.56 Å². The molecule has 0 heterocycles. The van der Waals surface area contributed by atoms with Crippen LogP contribution in [0.4, 0.5) is 13.2 Å². The molecule has 0 aliphatic rings. The maximum atomic E-state index is 12.3. The molecule has 0 aliphatic heterocycles. The lowest BCUT2D eigenvalue weighted by Crippen LogP contribution is -2.12. The lowest BCUT2D eigenvalue weighted by Gasteiger charge is -2.08. The monoisotopic (exact) mass is 256 g/mol. The Labute approximate surface area is 104 Å². The van der Waals surface area contributed by atoms with E-state index in [0.29, 0.717) is 6.54 Å². The number of rotatable bonds is 4. The van der Waals surface area contributed by atoms with Gasteiger partial charge in [0.1, 0.15) is 0 Å². The van der Waals surface area contributed by atoms with Gasteiger partial charge in [-0.2, -0.15) is 13.2 Å². The van der Waals surface area contributed by atoms with Crippen molar-refractivity contribution in [1.82, 2.24) is 0 Å². The van der Waals surface area contributed by atoms with Crippen molar-refractivity contribution in [3.05, 3.63) is 47.2 Å². The number of benzene rings is 1. The van der Waals surface area contributed by atoms with E-state index >= 15 is 0 Å². The second kappa shape index (κ2) is 6.23. The van der Waals surface area contributed by atoms with Crippen LogP contribution in [0, 0.1) is 0 Å².